The number of hydrogen-bond acceptors (Lipinski definition) is 3. The second kappa shape index (κ2) is 7.37. The van der Waals surface area contributed by atoms with Gasteiger partial charge in [-0.3, -0.25) is 0 Å². The normalized spacial score (nSPS) is 14.1. The first-order chi connectivity index (χ1) is 10.8. The van der Waals surface area contributed by atoms with E-state index in [0.29, 0.717) is 10.6 Å². The molecule has 2 aromatic rings. The second-order valence-electron chi connectivity index (χ2n) is 6.22. The molecular weight excluding hydrogens is 328 g/mol. The van der Waals surface area contributed by atoms with Crippen LogP contribution in [0.15, 0.2) is 48.5 Å². The van der Waals surface area contributed by atoms with Gasteiger partial charge in [-0.1, -0.05) is 35.9 Å². The molecule has 2 rings (SSSR count). The van der Waals surface area contributed by atoms with Crippen LogP contribution in [0.2, 0.25) is 5.02 Å². The predicted molar refractivity (Wildman–Crippen MR) is 95.5 cm³/mol. The average Bonchev–Trinajstić information content (AvgIpc) is 2.52. The average molecular weight is 347 g/mol. The third-order valence-electron chi connectivity index (χ3n) is 3.33. The molecule has 0 aliphatic heterocycles. The molecule has 0 amide bonds. The zero-order valence-electron chi connectivity index (χ0n) is 13.3. The van der Waals surface area contributed by atoms with Crippen molar-refractivity contribution >= 4 is 23.0 Å². The molecule has 23 heavy (non-hydrogen) atoms. The van der Waals surface area contributed by atoms with Gasteiger partial charge in [-0.05, 0) is 56.2 Å². The van der Waals surface area contributed by atoms with Crippen molar-refractivity contribution in [2.24, 2.45) is 0 Å². The Morgan fingerprint density at radius 2 is 1.78 bits per heavy atom. The minimum absolute atomic E-state index is 0.277. The van der Waals surface area contributed by atoms with Gasteiger partial charge in [0.05, 0.1) is 11.6 Å². The standard InChI is InChI=1S/C18H19ClN2OS/c1-18(2,3)23(22)21-17(14-7-9-16(19)10-8-14)15-6-4-5-13(11-15)12-20/h4-11,17,21H,1-3H3/t17-,23?/m0/s1. The third kappa shape index (κ3) is 4.73. The molecule has 0 fully saturated rings. The monoisotopic (exact) mass is 346 g/mol. The fourth-order valence-corrected chi connectivity index (χ4v) is 3.02. The Bertz CT molecular complexity index is 704. The van der Waals surface area contributed by atoms with Crippen molar-refractivity contribution in [3.8, 4) is 6.07 Å². The highest BCUT2D eigenvalue weighted by Gasteiger charge is 2.30. The summed E-state index contributed by atoms with van der Waals surface area (Å²) in [7, 11) is 0. The van der Waals surface area contributed by atoms with E-state index in [9.17, 15) is 4.55 Å². The first kappa shape index (κ1) is 17.8. The highest BCUT2D eigenvalue weighted by molar-refractivity contribution is 7.90. The molecule has 0 saturated carbocycles. The molecular formula is C18H19ClN2OS. The minimum atomic E-state index is -1.25. The van der Waals surface area contributed by atoms with E-state index in [0.717, 1.165) is 11.1 Å². The molecule has 1 unspecified atom stereocenters. The molecule has 0 heterocycles. The first-order valence-electron chi connectivity index (χ1n) is 7.25. The van der Waals surface area contributed by atoms with E-state index in [2.05, 4.69) is 10.8 Å². The number of nitrogens with zero attached hydrogens (tertiary/aromatic N) is 1. The van der Waals surface area contributed by atoms with Gasteiger partial charge >= 0.3 is 0 Å². The lowest BCUT2D eigenvalue weighted by atomic mass is 9.98. The van der Waals surface area contributed by atoms with E-state index in [-0.39, 0.29) is 6.04 Å². The molecule has 0 radical (unpaired) electrons. The van der Waals surface area contributed by atoms with Gasteiger partial charge in [0.2, 0.25) is 0 Å². The maximum absolute atomic E-state index is 12.6. The number of halogens is 1. The molecule has 3 nitrogen and oxygen atoms in total. The van der Waals surface area contributed by atoms with Crippen molar-refractivity contribution in [3.05, 3.63) is 70.2 Å². The smallest absolute Gasteiger partial charge is 0.136 e. The van der Waals surface area contributed by atoms with Crippen LogP contribution in [0.3, 0.4) is 0 Å². The quantitative estimate of drug-likeness (QED) is 0.837. The number of hydrogen-bond donors (Lipinski definition) is 1. The van der Waals surface area contributed by atoms with Gasteiger partial charge in [0.1, 0.15) is 10.8 Å². The van der Waals surface area contributed by atoms with E-state index in [4.69, 9.17) is 16.9 Å². The SMILES string of the molecule is CC(C)(C)[S+]([O-])N[C@@H](c1ccc(Cl)cc1)c1cccc(C#N)c1. The van der Waals surface area contributed by atoms with Gasteiger partial charge in [0.25, 0.3) is 0 Å². The van der Waals surface area contributed by atoms with Crippen molar-refractivity contribution < 1.29 is 4.55 Å². The predicted octanol–water partition coefficient (Wildman–Crippen LogP) is 4.35. The molecule has 0 spiro atoms. The first-order valence-corrected chi connectivity index (χ1v) is 8.77. The molecule has 0 bridgehead atoms. The van der Waals surface area contributed by atoms with Crippen LogP contribution in [-0.4, -0.2) is 9.30 Å². The van der Waals surface area contributed by atoms with Gasteiger partial charge in [0, 0.05) is 16.4 Å². The summed E-state index contributed by atoms with van der Waals surface area (Å²) >= 11 is 4.72. The van der Waals surface area contributed by atoms with Crippen LogP contribution in [0.25, 0.3) is 0 Å². The number of nitrogens with one attached hydrogen (secondary N) is 1. The van der Waals surface area contributed by atoms with Crippen molar-refractivity contribution in [2.45, 2.75) is 31.6 Å². The van der Waals surface area contributed by atoms with Crippen LogP contribution >= 0.6 is 11.6 Å². The van der Waals surface area contributed by atoms with Gasteiger partial charge < -0.3 is 4.55 Å². The maximum Gasteiger partial charge on any atom is 0.136 e. The van der Waals surface area contributed by atoms with Crippen molar-refractivity contribution in [1.29, 1.82) is 5.26 Å². The minimum Gasteiger partial charge on any atom is -0.598 e. The highest BCUT2D eigenvalue weighted by atomic mass is 35.5. The molecule has 0 aromatic heterocycles. The van der Waals surface area contributed by atoms with Crippen LogP contribution < -0.4 is 4.72 Å². The molecule has 1 N–H and O–H groups in total. The largest absolute Gasteiger partial charge is 0.598 e. The molecule has 0 aliphatic rings. The molecule has 0 aliphatic carbocycles. The van der Waals surface area contributed by atoms with Crippen LogP contribution in [0.5, 0.6) is 0 Å². The third-order valence-corrected chi connectivity index (χ3v) is 5.15. The Hall–Kier alpha value is -1.51. The summed E-state index contributed by atoms with van der Waals surface area (Å²) in [5.74, 6) is 0. The Labute approximate surface area is 145 Å². The molecule has 2 aromatic carbocycles. The van der Waals surface area contributed by atoms with Crippen LogP contribution in [-0.2, 0) is 11.4 Å². The fraction of sp³-hybridized carbons (Fsp3) is 0.278. The van der Waals surface area contributed by atoms with Crippen molar-refractivity contribution in [2.75, 3.05) is 0 Å². The lowest BCUT2D eigenvalue weighted by Crippen LogP contribution is -2.41. The topological polar surface area (TPSA) is 58.9 Å². The molecule has 0 saturated heterocycles. The Kier molecular flexibility index (Phi) is 5.72. The fourth-order valence-electron chi connectivity index (χ4n) is 2.06. The van der Waals surface area contributed by atoms with Gasteiger partial charge in [-0.25, -0.2) is 0 Å². The zero-order chi connectivity index (χ0) is 17.0. The lowest BCUT2D eigenvalue weighted by molar-refractivity contribution is 0.535. The number of nitriles is 1. The summed E-state index contributed by atoms with van der Waals surface area (Å²) in [6.45, 7) is 5.75. The van der Waals surface area contributed by atoms with E-state index in [1.165, 1.54) is 0 Å². The van der Waals surface area contributed by atoms with E-state index < -0.39 is 16.1 Å². The van der Waals surface area contributed by atoms with Crippen molar-refractivity contribution in [1.82, 2.24) is 4.72 Å². The van der Waals surface area contributed by atoms with Gasteiger partial charge in [-0.2, -0.15) is 5.26 Å². The lowest BCUT2D eigenvalue weighted by Gasteiger charge is -2.28. The van der Waals surface area contributed by atoms with Crippen LogP contribution in [0, 0.1) is 11.3 Å². The molecule has 5 heteroatoms. The summed E-state index contributed by atoms with van der Waals surface area (Å²) < 4.78 is 15.3. The Morgan fingerprint density at radius 1 is 1.13 bits per heavy atom. The Balaban J connectivity index is 2.42. The zero-order valence-corrected chi connectivity index (χ0v) is 14.9. The highest BCUT2D eigenvalue weighted by Crippen LogP contribution is 2.27. The summed E-state index contributed by atoms with van der Waals surface area (Å²) in [5, 5.41) is 9.76. The van der Waals surface area contributed by atoms with Crippen LogP contribution in [0.1, 0.15) is 43.5 Å². The summed E-state index contributed by atoms with van der Waals surface area (Å²) in [6, 6.07) is 16.6. The summed E-state index contributed by atoms with van der Waals surface area (Å²) in [6.07, 6.45) is 0. The summed E-state index contributed by atoms with van der Waals surface area (Å²) in [4.78, 5) is 0. The van der Waals surface area contributed by atoms with E-state index >= 15 is 0 Å². The van der Waals surface area contributed by atoms with E-state index in [1.807, 2.05) is 51.1 Å². The van der Waals surface area contributed by atoms with Gasteiger partial charge in [0.15, 0.2) is 0 Å². The maximum atomic E-state index is 12.6. The number of rotatable bonds is 4. The number of benzene rings is 2. The van der Waals surface area contributed by atoms with Gasteiger partial charge in [-0.15, -0.1) is 4.72 Å². The molecule has 120 valence electrons. The summed E-state index contributed by atoms with van der Waals surface area (Å²) in [5.41, 5.74) is 2.41. The van der Waals surface area contributed by atoms with E-state index in [1.54, 1.807) is 18.2 Å². The second-order valence-corrected chi connectivity index (χ2v) is 8.66. The van der Waals surface area contributed by atoms with Crippen LogP contribution in [0.4, 0.5) is 0 Å². The molecule has 2 atom stereocenters. The van der Waals surface area contributed by atoms with Crippen molar-refractivity contribution in [3.63, 3.8) is 0 Å². The Morgan fingerprint density at radius 3 is 2.35 bits per heavy atom.